The van der Waals surface area contributed by atoms with E-state index < -0.39 is 11.7 Å². The molecule has 2 aromatic carbocycles. The minimum atomic E-state index is -4.36. The van der Waals surface area contributed by atoms with E-state index in [0.717, 1.165) is 37.2 Å². The first-order valence-electron chi connectivity index (χ1n) is 8.30. The summed E-state index contributed by atoms with van der Waals surface area (Å²) in [7, 11) is 0. The molecule has 3 aromatic rings. The molecule has 8 heteroatoms. The first-order chi connectivity index (χ1) is 12.5. The molecule has 0 fully saturated rings. The van der Waals surface area contributed by atoms with Crippen molar-refractivity contribution in [2.75, 3.05) is 11.4 Å². The topological polar surface area (TPSA) is 46.8 Å². The van der Waals surface area contributed by atoms with Crippen LogP contribution in [0.2, 0.25) is 0 Å². The molecular weight excluding hydrogens is 343 g/mol. The lowest BCUT2D eigenvalue weighted by atomic mass is 10.0. The molecular formula is C18H16F3N5. The van der Waals surface area contributed by atoms with Crippen LogP contribution in [0.5, 0.6) is 0 Å². The van der Waals surface area contributed by atoms with Crippen LogP contribution in [0.4, 0.5) is 18.9 Å². The molecule has 0 unspecified atom stereocenters. The number of rotatable bonds is 3. The molecule has 0 aliphatic carbocycles. The Morgan fingerprint density at radius 3 is 2.54 bits per heavy atom. The highest BCUT2D eigenvalue weighted by Gasteiger charge is 2.30. The first-order valence-corrected chi connectivity index (χ1v) is 8.30. The Morgan fingerprint density at radius 1 is 1.00 bits per heavy atom. The predicted molar refractivity (Wildman–Crippen MR) is 90.0 cm³/mol. The van der Waals surface area contributed by atoms with Gasteiger partial charge in [-0.15, -0.1) is 5.10 Å². The maximum atomic E-state index is 12.7. The molecule has 2 heterocycles. The third-order valence-electron chi connectivity index (χ3n) is 4.51. The van der Waals surface area contributed by atoms with E-state index in [1.165, 1.54) is 22.4 Å². The van der Waals surface area contributed by atoms with Crippen LogP contribution in [0, 0.1) is 0 Å². The summed E-state index contributed by atoms with van der Waals surface area (Å²) in [5.41, 5.74) is 2.25. The van der Waals surface area contributed by atoms with Gasteiger partial charge in [-0.1, -0.05) is 18.2 Å². The Bertz CT molecular complexity index is 902. The van der Waals surface area contributed by atoms with Gasteiger partial charge in [0.15, 0.2) is 5.82 Å². The fourth-order valence-electron chi connectivity index (χ4n) is 3.24. The summed E-state index contributed by atoms with van der Waals surface area (Å²) >= 11 is 0. The van der Waals surface area contributed by atoms with Crippen molar-refractivity contribution in [3.63, 3.8) is 0 Å². The van der Waals surface area contributed by atoms with Gasteiger partial charge in [-0.2, -0.15) is 17.9 Å². The van der Waals surface area contributed by atoms with Crippen LogP contribution in [0.25, 0.3) is 5.69 Å². The van der Waals surface area contributed by atoms with E-state index in [-0.39, 0.29) is 0 Å². The summed E-state index contributed by atoms with van der Waals surface area (Å²) in [6.45, 7) is 1.38. The van der Waals surface area contributed by atoms with E-state index in [2.05, 4.69) is 32.6 Å². The molecule has 0 spiro atoms. The number of anilines is 1. The van der Waals surface area contributed by atoms with E-state index >= 15 is 0 Å². The summed E-state index contributed by atoms with van der Waals surface area (Å²) in [4.78, 5) is 2.20. The number of aromatic nitrogens is 4. The third-order valence-corrected chi connectivity index (χ3v) is 4.51. The maximum absolute atomic E-state index is 12.7. The van der Waals surface area contributed by atoms with Crippen LogP contribution >= 0.6 is 0 Å². The Kier molecular flexibility index (Phi) is 4.10. The van der Waals surface area contributed by atoms with Gasteiger partial charge in [-0.3, -0.25) is 0 Å². The highest BCUT2D eigenvalue weighted by Crippen LogP contribution is 2.30. The number of halogens is 3. The van der Waals surface area contributed by atoms with Gasteiger partial charge >= 0.3 is 6.18 Å². The number of nitrogens with zero attached hydrogens (tertiary/aromatic N) is 5. The van der Waals surface area contributed by atoms with Gasteiger partial charge in [-0.25, -0.2) is 0 Å². The van der Waals surface area contributed by atoms with Gasteiger partial charge in [0.05, 0.1) is 17.8 Å². The lowest BCUT2D eigenvalue weighted by molar-refractivity contribution is -0.137. The lowest BCUT2D eigenvalue weighted by Crippen LogP contribution is -2.30. The van der Waals surface area contributed by atoms with Crippen molar-refractivity contribution in [2.24, 2.45) is 0 Å². The van der Waals surface area contributed by atoms with Crippen LogP contribution in [-0.2, 0) is 19.1 Å². The van der Waals surface area contributed by atoms with Crippen LogP contribution in [0.3, 0.4) is 0 Å². The number of hydrogen-bond donors (Lipinski definition) is 0. The number of hydrogen-bond acceptors (Lipinski definition) is 4. The number of para-hydroxylation sites is 1. The molecule has 1 aliphatic heterocycles. The van der Waals surface area contributed by atoms with Gasteiger partial charge in [-0.05, 0) is 59.2 Å². The Labute approximate surface area is 148 Å². The Hall–Kier alpha value is -2.90. The zero-order valence-corrected chi connectivity index (χ0v) is 13.8. The zero-order chi connectivity index (χ0) is 18.1. The van der Waals surface area contributed by atoms with Gasteiger partial charge in [0.25, 0.3) is 0 Å². The lowest BCUT2D eigenvalue weighted by Gasteiger charge is -2.30. The van der Waals surface area contributed by atoms with E-state index in [1.807, 2.05) is 12.1 Å². The molecule has 0 saturated carbocycles. The normalized spacial score (nSPS) is 14.3. The molecule has 0 bridgehead atoms. The zero-order valence-electron chi connectivity index (χ0n) is 13.8. The van der Waals surface area contributed by atoms with Crippen molar-refractivity contribution in [2.45, 2.75) is 25.6 Å². The predicted octanol–water partition coefficient (Wildman–Crippen LogP) is 3.63. The summed E-state index contributed by atoms with van der Waals surface area (Å²) in [6.07, 6.45) is -2.28. The van der Waals surface area contributed by atoms with Crippen molar-refractivity contribution < 1.29 is 13.2 Å². The molecule has 5 nitrogen and oxygen atoms in total. The van der Waals surface area contributed by atoms with Crippen molar-refractivity contribution in [3.05, 3.63) is 65.5 Å². The monoisotopic (exact) mass is 359 g/mol. The molecule has 0 amide bonds. The number of fused-ring (bicyclic) bond motifs is 1. The van der Waals surface area contributed by atoms with Crippen molar-refractivity contribution in [1.82, 2.24) is 20.2 Å². The maximum Gasteiger partial charge on any atom is 0.416 e. The standard InChI is InChI=1S/C18H16F3N5/c19-18(20,21)14-7-9-15(10-8-14)26-17(22-23-24-26)12-25-11-3-5-13-4-1-2-6-16(13)25/h1-2,4,6-10H,3,5,11-12H2. The van der Waals surface area contributed by atoms with Crippen molar-refractivity contribution >= 4 is 5.69 Å². The number of aryl methyl sites for hydroxylation is 1. The summed E-state index contributed by atoms with van der Waals surface area (Å²) in [6, 6.07) is 13.0. The fourth-order valence-corrected chi connectivity index (χ4v) is 3.24. The molecule has 4 rings (SSSR count). The molecule has 0 atom stereocenters. The van der Waals surface area contributed by atoms with Gasteiger partial charge in [0, 0.05) is 12.2 Å². The number of tetrazole rings is 1. The SMILES string of the molecule is FC(F)(F)c1ccc(-n2nnnc2CN2CCCc3ccccc32)cc1. The van der Waals surface area contributed by atoms with Crippen molar-refractivity contribution in [3.8, 4) is 5.69 Å². The second-order valence-electron chi connectivity index (χ2n) is 6.21. The van der Waals surface area contributed by atoms with Crippen molar-refractivity contribution in [1.29, 1.82) is 0 Å². The Morgan fingerprint density at radius 2 is 1.77 bits per heavy atom. The third kappa shape index (κ3) is 3.14. The molecule has 0 N–H and O–H groups in total. The molecule has 0 saturated heterocycles. The quantitative estimate of drug-likeness (QED) is 0.716. The largest absolute Gasteiger partial charge is 0.416 e. The highest BCUT2D eigenvalue weighted by molar-refractivity contribution is 5.55. The average Bonchev–Trinajstić information content (AvgIpc) is 3.10. The van der Waals surface area contributed by atoms with E-state index in [0.29, 0.717) is 18.1 Å². The molecule has 0 radical (unpaired) electrons. The number of alkyl halides is 3. The number of benzene rings is 2. The summed E-state index contributed by atoms with van der Waals surface area (Å²) < 4.78 is 39.7. The Balaban J connectivity index is 1.61. The molecule has 1 aliphatic rings. The average molecular weight is 359 g/mol. The molecule has 134 valence electrons. The molecule has 26 heavy (non-hydrogen) atoms. The van der Waals surface area contributed by atoms with Crippen LogP contribution in [0.1, 0.15) is 23.4 Å². The second-order valence-corrected chi connectivity index (χ2v) is 6.21. The van der Waals surface area contributed by atoms with E-state index in [9.17, 15) is 13.2 Å². The van der Waals surface area contributed by atoms with Crippen LogP contribution in [-0.4, -0.2) is 26.8 Å². The van der Waals surface area contributed by atoms with Crippen LogP contribution in [0.15, 0.2) is 48.5 Å². The minimum absolute atomic E-state index is 0.491. The summed E-state index contributed by atoms with van der Waals surface area (Å²) in [5.74, 6) is 0.585. The molecule has 1 aromatic heterocycles. The first kappa shape index (κ1) is 16.6. The summed E-state index contributed by atoms with van der Waals surface area (Å²) in [5, 5.41) is 11.7. The smallest absolute Gasteiger partial charge is 0.364 e. The van der Waals surface area contributed by atoms with E-state index in [1.54, 1.807) is 0 Å². The fraction of sp³-hybridized carbons (Fsp3) is 0.278. The van der Waals surface area contributed by atoms with Gasteiger partial charge < -0.3 is 4.90 Å². The van der Waals surface area contributed by atoms with Gasteiger partial charge in [0.1, 0.15) is 0 Å². The van der Waals surface area contributed by atoms with Crippen LogP contribution < -0.4 is 4.90 Å². The van der Waals surface area contributed by atoms with Gasteiger partial charge in [0.2, 0.25) is 0 Å². The highest BCUT2D eigenvalue weighted by atomic mass is 19.4. The minimum Gasteiger partial charge on any atom is -0.364 e. The second kappa shape index (κ2) is 6.44. The van der Waals surface area contributed by atoms with E-state index in [4.69, 9.17) is 0 Å².